The Morgan fingerprint density at radius 1 is 1.41 bits per heavy atom. The number of aromatic nitrogens is 2. The second-order valence-electron chi connectivity index (χ2n) is 6.54. The van der Waals surface area contributed by atoms with Gasteiger partial charge in [-0.1, -0.05) is 0 Å². The Bertz CT molecular complexity index is 1010. The van der Waals surface area contributed by atoms with E-state index in [0.717, 1.165) is 49.2 Å². The number of amides is 1. The third-order valence-corrected chi connectivity index (χ3v) is 5.55. The number of carbonyl (C=O) groups excluding carboxylic acids is 1. The van der Waals surface area contributed by atoms with E-state index < -0.39 is 11.7 Å². The van der Waals surface area contributed by atoms with E-state index in [4.69, 9.17) is 11.5 Å². The van der Waals surface area contributed by atoms with E-state index >= 15 is 0 Å². The van der Waals surface area contributed by atoms with Gasteiger partial charge in [0.15, 0.2) is 0 Å². The normalized spacial score (nSPS) is 17.3. The number of halogens is 1. The molecule has 0 aromatic carbocycles. The van der Waals surface area contributed by atoms with Crippen molar-refractivity contribution in [2.45, 2.75) is 18.9 Å². The molecular formula is C18H19FN6OS. The number of pyridine rings is 2. The van der Waals surface area contributed by atoms with Gasteiger partial charge in [0.05, 0.1) is 34.0 Å². The molecule has 0 unspecified atom stereocenters. The highest BCUT2D eigenvalue weighted by atomic mass is 32.1. The van der Waals surface area contributed by atoms with Gasteiger partial charge in [0, 0.05) is 25.3 Å². The first-order valence-electron chi connectivity index (χ1n) is 8.62. The molecule has 0 saturated carbocycles. The second-order valence-corrected chi connectivity index (χ2v) is 7.62. The van der Waals surface area contributed by atoms with Crippen molar-refractivity contribution in [2.24, 2.45) is 5.73 Å². The Morgan fingerprint density at radius 2 is 2.26 bits per heavy atom. The van der Waals surface area contributed by atoms with Crippen molar-refractivity contribution < 1.29 is 9.18 Å². The summed E-state index contributed by atoms with van der Waals surface area (Å²) in [6.45, 7) is 1.59. The lowest BCUT2D eigenvalue weighted by atomic mass is 10.1. The lowest BCUT2D eigenvalue weighted by Crippen LogP contribution is -2.43. The molecule has 0 spiro atoms. The Kier molecular flexibility index (Phi) is 4.63. The number of carbonyl (C=O) groups is 1. The van der Waals surface area contributed by atoms with E-state index in [1.54, 1.807) is 12.4 Å². The predicted molar refractivity (Wildman–Crippen MR) is 106 cm³/mol. The largest absolute Gasteiger partial charge is 0.390 e. The second kappa shape index (κ2) is 7.09. The molecular weight excluding hydrogens is 367 g/mol. The highest BCUT2D eigenvalue weighted by molar-refractivity contribution is 7.23. The SMILES string of the molecule is Nc1sc2cc(F)cnc2c1C(=O)Nc1cnccc1N1CCC[C@H](N)C1. The molecule has 9 heteroatoms. The van der Waals surface area contributed by atoms with Crippen LogP contribution >= 0.6 is 11.3 Å². The maximum absolute atomic E-state index is 13.4. The number of nitrogens with zero attached hydrogens (tertiary/aromatic N) is 3. The van der Waals surface area contributed by atoms with Crippen LogP contribution in [0.4, 0.5) is 20.8 Å². The van der Waals surface area contributed by atoms with Crippen LogP contribution in [-0.2, 0) is 0 Å². The minimum Gasteiger partial charge on any atom is -0.390 e. The summed E-state index contributed by atoms with van der Waals surface area (Å²) in [7, 11) is 0. The molecule has 0 bridgehead atoms. The van der Waals surface area contributed by atoms with Crippen molar-refractivity contribution in [3.8, 4) is 0 Å². The van der Waals surface area contributed by atoms with Crippen molar-refractivity contribution in [2.75, 3.05) is 29.0 Å². The van der Waals surface area contributed by atoms with Gasteiger partial charge in [-0.2, -0.15) is 0 Å². The first-order chi connectivity index (χ1) is 13.0. The first kappa shape index (κ1) is 17.6. The average molecular weight is 386 g/mol. The van der Waals surface area contributed by atoms with Gasteiger partial charge in [0.1, 0.15) is 16.4 Å². The molecule has 1 atom stereocenters. The Hall–Kier alpha value is -2.78. The maximum atomic E-state index is 13.4. The van der Waals surface area contributed by atoms with Crippen LogP contribution in [0, 0.1) is 5.82 Å². The Balaban J connectivity index is 1.65. The van der Waals surface area contributed by atoms with E-state index in [0.29, 0.717) is 20.9 Å². The summed E-state index contributed by atoms with van der Waals surface area (Å²) < 4.78 is 13.9. The third kappa shape index (κ3) is 3.43. The number of fused-ring (bicyclic) bond motifs is 1. The highest BCUT2D eigenvalue weighted by Gasteiger charge is 2.23. The molecule has 3 aromatic rings. The minimum atomic E-state index is -0.466. The number of piperidine rings is 1. The molecule has 4 heterocycles. The summed E-state index contributed by atoms with van der Waals surface area (Å²) in [5.74, 6) is -0.861. The molecule has 3 aromatic heterocycles. The van der Waals surface area contributed by atoms with Crippen LogP contribution in [0.1, 0.15) is 23.2 Å². The first-order valence-corrected chi connectivity index (χ1v) is 9.44. The van der Waals surface area contributed by atoms with Crippen molar-refractivity contribution in [1.82, 2.24) is 9.97 Å². The van der Waals surface area contributed by atoms with Crippen LogP contribution in [-0.4, -0.2) is 35.0 Å². The van der Waals surface area contributed by atoms with E-state index in [2.05, 4.69) is 20.2 Å². The van der Waals surface area contributed by atoms with Gasteiger partial charge in [-0.15, -0.1) is 11.3 Å². The molecule has 1 saturated heterocycles. The lowest BCUT2D eigenvalue weighted by Gasteiger charge is -2.33. The van der Waals surface area contributed by atoms with Gasteiger partial charge in [-0.05, 0) is 25.0 Å². The molecule has 4 rings (SSSR count). The number of rotatable bonds is 3. The number of hydrogen-bond acceptors (Lipinski definition) is 7. The summed E-state index contributed by atoms with van der Waals surface area (Å²) in [5, 5.41) is 3.18. The van der Waals surface area contributed by atoms with E-state index in [1.807, 2.05) is 6.07 Å². The zero-order valence-corrected chi connectivity index (χ0v) is 15.3. The number of nitrogen functional groups attached to an aromatic ring is 1. The van der Waals surface area contributed by atoms with Crippen molar-refractivity contribution in [3.05, 3.63) is 42.1 Å². The Labute approximate surface area is 159 Å². The standard InChI is InChI=1S/C18H19FN6OS/c19-10-6-14-16(23-7-10)15(17(21)27-14)18(26)24-12-8-22-4-3-13(12)25-5-1-2-11(20)9-25/h3-4,6-8,11H,1-2,5,9,20-21H2,(H,24,26)/t11-/m0/s1. The topological polar surface area (TPSA) is 110 Å². The van der Waals surface area contributed by atoms with Crippen LogP contribution in [0.15, 0.2) is 30.7 Å². The maximum Gasteiger partial charge on any atom is 0.260 e. The molecule has 27 heavy (non-hydrogen) atoms. The summed E-state index contributed by atoms with van der Waals surface area (Å²) in [6.07, 6.45) is 6.35. The third-order valence-electron chi connectivity index (χ3n) is 4.59. The smallest absolute Gasteiger partial charge is 0.260 e. The van der Waals surface area contributed by atoms with Gasteiger partial charge < -0.3 is 21.7 Å². The molecule has 0 radical (unpaired) electrons. The number of thiophene rings is 1. The van der Waals surface area contributed by atoms with Crippen molar-refractivity contribution in [3.63, 3.8) is 0 Å². The molecule has 0 aliphatic carbocycles. The van der Waals surface area contributed by atoms with Crippen LogP contribution in [0.3, 0.4) is 0 Å². The number of nitrogens with two attached hydrogens (primary N) is 2. The van der Waals surface area contributed by atoms with Gasteiger partial charge in [-0.3, -0.25) is 14.8 Å². The van der Waals surface area contributed by atoms with Crippen LogP contribution < -0.4 is 21.7 Å². The molecule has 1 aliphatic heterocycles. The summed E-state index contributed by atoms with van der Waals surface area (Å²) in [5.41, 5.74) is 14.2. The fraction of sp³-hybridized carbons (Fsp3) is 0.278. The zero-order chi connectivity index (χ0) is 19.0. The summed E-state index contributed by atoms with van der Waals surface area (Å²) in [4.78, 5) is 23.2. The zero-order valence-electron chi connectivity index (χ0n) is 14.5. The monoisotopic (exact) mass is 386 g/mol. The Morgan fingerprint density at radius 3 is 3.07 bits per heavy atom. The number of anilines is 3. The van der Waals surface area contributed by atoms with Gasteiger partial charge >= 0.3 is 0 Å². The fourth-order valence-electron chi connectivity index (χ4n) is 3.36. The van der Waals surface area contributed by atoms with Crippen LogP contribution in [0.25, 0.3) is 10.2 Å². The number of hydrogen-bond donors (Lipinski definition) is 3. The van der Waals surface area contributed by atoms with Gasteiger partial charge in [-0.25, -0.2) is 4.39 Å². The van der Waals surface area contributed by atoms with Crippen molar-refractivity contribution >= 4 is 43.8 Å². The fourth-order valence-corrected chi connectivity index (χ4v) is 4.32. The summed E-state index contributed by atoms with van der Waals surface area (Å²) >= 11 is 1.14. The molecule has 1 aliphatic rings. The lowest BCUT2D eigenvalue weighted by molar-refractivity contribution is 0.102. The molecule has 5 N–H and O–H groups in total. The average Bonchev–Trinajstić information content (AvgIpc) is 2.97. The van der Waals surface area contributed by atoms with E-state index in [9.17, 15) is 9.18 Å². The quantitative estimate of drug-likeness (QED) is 0.638. The van der Waals surface area contributed by atoms with Crippen LogP contribution in [0.5, 0.6) is 0 Å². The minimum absolute atomic E-state index is 0.103. The van der Waals surface area contributed by atoms with E-state index in [1.165, 1.54) is 6.07 Å². The molecule has 140 valence electrons. The van der Waals surface area contributed by atoms with Gasteiger partial charge in [0.2, 0.25) is 0 Å². The highest BCUT2D eigenvalue weighted by Crippen LogP contribution is 2.34. The summed E-state index contributed by atoms with van der Waals surface area (Å²) in [6, 6.07) is 3.28. The van der Waals surface area contributed by atoms with Crippen molar-refractivity contribution in [1.29, 1.82) is 0 Å². The van der Waals surface area contributed by atoms with E-state index in [-0.39, 0.29) is 11.6 Å². The predicted octanol–water partition coefficient (Wildman–Crippen LogP) is 2.59. The van der Waals surface area contributed by atoms with Gasteiger partial charge in [0.25, 0.3) is 5.91 Å². The molecule has 1 fully saturated rings. The molecule has 1 amide bonds. The number of nitrogens with one attached hydrogen (secondary N) is 1. The molecule has 7 nitrogen and oxygen atoms in total. The van der Waals surface area contributed by atoms with Crippen LogP contribution in [0.2, 0.25) is 0 Å².